The predicted molar refractivity (Wildman–Crippen MR) is 98.0 cm³/mol. The Labute approximate surface area is 155 Å². The molecule has 2 saturated carbocycles. The van der Waals surface area contributed by atoms with Gasteiger partial charge in [0, 0.05) is 25.1 Å². The zero-order chi connectivity index (χ0) is 18.1. The molecule has 7 heteroatoms. The lowest BCUT2D eigenvalue weighted by atomic mass is 9.60. The molecule has 2 aliphatic carbocycles. The molecule has 1 aromatic heterocycles. The fourth-order valence-corrected chi connectivity index (χ4v) is 5.34. The molecule has 1 saturated heterocycles. The first-order chi connectivity index (χ1) is 12.7. The number of carbonyl (C=O) groups excluding carboxylic acids is 1. The Kier molecular flexibility index (Phi) is 5.01. The maximum absolute atomic E-state index is 13.0. The van der Waals surface area contributed by atoms with E-state index in [1.807, 2.05) is 22.8 Å². The molecule has 0 aromatic carbocycles. The van der Waals surface area contributed by atoms with Gasteiger partial charge in [-0.1, -0.05) is 18.1 Å². The third kappa shape index (κ3) is 2.95. The predicted octanol–water partition coefficient (Wildman–Crippen LogP) is 2.01. The summed E-state index contributed by atoms with van der Waals surface area (Å²) in [5.41, 5.74) is 0.630. The first-order valence-electron chi connectivity index (χ1n) is 10.2. The number of nitrogens with zero attached hydrogens (tertiary/aromatic N) is 4. The lowest BCUT2D eigenvalue weighted by Gasteiger charge is -2.56. The molecule has 1 aromatic rings. The number of amides is 1. The molecule has 2 heterocycles. The average molecular weight is 361 g/mol. The topological polar surface area (TPSA) is 72.3 Å². The molecule has 1 spiro atoms. The van der Waals surface area contributed by atoms with E-state index in [9.17, 15) is 4.79 Å². The molecule has 2 atom stereocenters. The van der Waals surface area contributed by atoms with Crippen molar-refractivity contribution in [2.24, 2.45) is 5.41 Å². The SMILES string of the molecule is CCO[C@H]1C[C@H](N(C)C(=O)c2cn(C3CCNCC3)nn2)C12CCCC2. The van der Waals surface area contributed by atoms with Crippen molar-refractivity contribution in [3.8, 4) is 0 Å². The number of carbonyl (C=O) groups is 1. The van der Waals surface area contributed by atoms with Crippen molar-refractivity contribution in [3.05, 3.63) is 11.9 Å². The molecule has 144 valence electrons. The highest BCUT2D eigenvalue weighted by atomic mass is 16.5. The molecular weight excluding hydrogens is 330 g/mol. The van der Waals surface area contributed by atoms with Crippen LogP contribution in [0.3, 0.4) is 0 Å². The van der Waals surface area contributed by atoms with Crippen LogP contribution in [0.4, 0.5) is 0 Å². The smallest absolute Gasteiger partial charge is 0.276 e. The summed E-state index contributed by atoms with van der Waals surface area (Å²) in [6.45, 7) is 4.81. The largest absolute Gasteiger partial charge is 0.378 e. The number of piperidine rings is 1. The number of hydrogen-bond acceptors (Lipinski definition) is 5. The van der Waals surface area contributed by atoms with E-state index in [0.29, 0.717) is 17.8 Å². The number of ether oxygens (including phenoxy) is 1. The Morgan fingerprint density at radius 3 is 2.81 bits per heavy atom. The van der Waals surface area contributed by atoms with Crippen molar-refractivity contribution in [1.82, 2.24) is 25.2 Å². The first-order valence-corrected chi connectivity index (χ1v) is 10.2. The normalized spacial score (nSPS) is 28.2. The van der Waals surface area contributed by atoms with Crippen LogP contribution in [0.1, 0.15) is 68.4 Å². The van der Waals surface area contributed by atoms with Crippen LogP contribution in [-0.4, -0.2) is 64.7 Å². The second-order valence-corrected chi connectivity index (χ2v) is 8.12. The third-order valence-corrected chi connectivity index (χ3v) is 6.84. The van der Waals surface area contributed by atoms with E-state index >= 15 is 0 Å². The van der Waals surface area contributed by atoms with Crippen molar-refractivity contribution in [2.45, 2.75) is 70.1 Å². The van der Waals surface area contributed by atoms with Crippen LogP contribution >= 0.6 is 0 Å². The Bertz CT molecular complexity index is 634. The fourth-order valence-electron chi connectivity index (χ4n) is 5.34. The Morgan fingerprint density at radius 2 is 2.12 bits per heavy atom. The summed E-state index contributed by atoms with van der Waals surface area (Å²) >= 11 is 0. The van der Waals surface area contributed by atoms with Crippen LogP contribution in [-0.2, 0) is 4.74 Å². The average Bonchev–Trinajstić information content (AvgIpc) is 3.35. The molecule has 0 unspecified atom stereocenters. The minimum atomic E-state index is -0.00333. The Morgan fingerprint density at radius 1 is 1.38 bits per heavy atom. The minimum absolute atomic E-state index is 0.00333. The number of aromatic nitrogens is 3. The van der Waals surface area contributed by atoms with Crippen molar-refractivity contribution >= 4 is 5.91 Å². The lowest BCUT2D eigenvalue weighted by molar-refractivity contribution is -0.152. The number of hydrogen-bond donors (Lipinski definition) is 1. The summed E-state index contributed by atoms with van der Waals surface area (Å²) in [5.74, 6) is -0.00333. The van der Waals surface area contributed by atoms with Crippen LogP contribution in [0.15, 0.2) is 6.20 Å². The van der Waals surface area contributed by atoms with E-state index < -0.39 is 0 Å². The van der Waals surface area contributed by atoms with Gasteiger partial charge in [0.2, 0.25) is 0 Å². The van der Waals surface area contributed by atoms with Gasteiger partial charge in [-0.2, -0.15) is 0 Å². The molecule has 3 aliphatic rings. The maximum Gasteiger partial charge on any atom is 0.276 e. The molecule has 1 amide bonds. The summed E-state index contributed by atoms with van der Waals surface area (Å²) in [4.78, 5) is 15.0. The van der Waals surface area contributed by atoms with E-state index in [2.05, 4.69) is 22.6 Å². The van der Waals surface area contributed by atoms with Crippen molar-refractivity contribution < 1.29 is 9.53 Å². The van der Waals surface area contributed by atoms with Gasteiger partial charge in [0.25, 0.3) is 5.91 Å². The van der Waals surface area contributed by atoms with Gasteiger partial charge in [0.1, 0.15) is 0 Å². The van der Waals surface area contributed by atoms with Gasteiger partial charge < -0.3 is 15.0 Å². The van der Waals surface area contributed by atoms with Gasteiger partial charge in [-0.05, 0) is 52.1 Å². The van der Waals surface area contributed by atoms with E-state index in [1.165, 1.54) is 25.7 Å². The molecule has 1 N–H and O–H groups in total. The van der Waals surface area contributed by atoms with Crippen molar-refractivity contribution in [2.75, 3.05) is 26.7 Å². The number of rotatable bonds is 5. The van der Waals surface area contributed by atoms with E-state index in [-0.39, 0.29) is 17.4 Å². The van der Waals surface area contributed by atoms with E-state index in [0.717, 1.165) is 39.0 Å². The van der Waals surface area contributed by atoms with Crippen molar-refractivity contribution in [1.29, 1.82) is 0 Å². The highest BCUT2D eigenvalue weighted by molar-refractivity contribution is 5.92. The van der Waals surface area contributed by atoms with E-state index in [4.69, 9.17) is 4.74 Å². The quantitative estimate of drug-likeness (QED) is 0.869. The summed E-state index contributed by atoms with van der Waals surface area (Å²) in [6, 6.07) is 0.612. The Balaban J connectivity index is 1.45. The van der Waals surface area contributed by atoms with Crippen LogP contribution in [0, 0.1) is 5.41 Å². The monoisotopic (exact) mass is 361 g/mol. The van der Waals surface area contributed by atoms with Gasteiger partial charge >= 0.3 is 0 Å². The summed E-state index contributed by atoms with van der Waals surface area (Å²) in [7, 11) is 1.93. The highest BCUT2D eigenvalue weighted by Gasteiger charge is 2.59. The molecule has 4 rings (SSSR count). The maximum atomic E-state index is 13.0. The summed E-state index contributed by atoms with van der Waals surface area (Å²) < 4.78 is 7.87. The van der Waals surface area contributed by atoms with Gasteiger partial charge in [0.05, 0.1) is 18.3 Å². The highest BCUT2D eigenvalue weighted by Crippen LogP contribution is 2.56. The van der Waals surface area contributed by atoms with Crippen LogP contribution < -0.4 is 5.32 Å². The summed E-state index contributed by atoms with van der Waals surface area (Å²) in [6.07, 6.45) is 9.99. The zero-order valence-electron chi connectivity index (χ0n) is 16.0. The fraction of sp³-hybridized carbons (Fsp3) is 0.842. The second-order valence-electron chi connectivity index (χ2n) is 8.12. The molecule has 1 aliphatic heterocycles. The summed E-state index contributed by atoms with van der Waals surface area (Å²) in [5, 5.41) is 11.8. The molecule has 0 radical (unpaired) electrons. The molecular formula is C19H31N5O2. The van der Waals surface area contributed by atoms with Crippen LogP contribution in [0.5, 0.6) is 0 Å². The minimum Gasteiger partial charge on any atom is -0.378 e. The van der Waals surface area contributed by atoms with Crippen molar-refractivity contribution in [3.63, 3.8) is 0 Å². The zero-order valence-corrected chi connectivity index (χ0v) is 16.0. The molecule has 0 bridgehead atoms. The van der Waals surface area contributed by atoms with Gasteiger partial charge in [-0.3, -0.25) is 4.79 Å². The van der Waals surface area contributed by atoms with Crippen LogP contribution in [0.2, 0.25) is 0 Å². The molecule has 3 fully saturated rings. The third-order valence-electron chi connectivity index (χ3n) is 6.84. The van der Waals surface area contributed by atoms with Gasteiger partial charge in [-0.25, -0.2) is 4.68 Å². The Hall–Kier alpha value is -1.47. The van der Waals surface area contributed by atoms with Gasteiger partial charge in [0.15, 0.2) is 5.69 Å². The van der Waals surface area contributed by atoms with Gasteiger partial charge in [-0.15, -0.1) is 5.10 Å². The van der Waals surface area contributed by atoms with Crippen LogP contribution in [0.25, 0.3) is 0 Å². The molecule has 7 nitrogen and oxygen atoms in total. The first kappa shape index (κ1) is 17.9. The standard InChI is InChI=1S/C19H31N5O2/c1-3-26-17-12-16(19(17)8-4-5-9-19)23(2)18(25)15-13-24(22-21-15)14-6-10-20-11-7-14/h13-14,16-17,20H,3-12H2,1-2H3/t16-,17-/m0/s1. The lowest BCUT2D eigenvalue weighted by Crippen LogP contribution is -2.64. The molecule has 26 heavy (non-hydrogen) atoms. The second kappa shape index (κ2) is 7.27. The van der Waals surface area contributed by atoms with E-state index in [1.54, 1.807) is 0 Å². The number of nitrogens with one attached hydrogen (secondary N) is 1.